The van der Waals surface area contributed by atoms with Gasteiger partial charge in [0.1, 0.15) is 11.5 Å². The van der Waals surface area contributed by atoms with E-state index in [1.165, 1.54) is 34.4 Å². The zero-order valence-electron chi connectivity index (χ0n) is 18.8. The number of carbonyl (C=O) groups excluding carboxylic acids is 1. The number of pyridine rings is 1. The van der Waals surface area contributed by atoms with Gasteiger partial charge in [0.2, 0.25) is 0 Å². The first-order chi connectivity index (χ1) is 17.0. The van der Waals surface area contributed by atoms with Crippen LogP contribution in [0.4, 0.5) is 20.9 Å². The van der Waals surface area contributed by atoms with Crippen LogP contribution < -0.4 is 9.80 Å². The predicted octanol–water partition coefficient (Wildman–Crippen LogP) is 5.58. The Bertz CT molecular complexity index is 1390. The van der Waals surface area contributed by atoms with Gasteiger partial charge in [0.05, 0.1) is 21.7 Å². The van der Waals surface area contributed by atoms with Crippen LogP contribution in [0.1, 0.15) is 35.2 Å². The highest BCUT2D eigenvalue weighted by molar-refractivity contribution is 7.22. The highest BCUT2D eigenvalue weighted by atomic mass is 32.1. The molecule has 0 atom stereocenters. The maximum Gasteiger partial charge on any atom is 0.293 e. The summed E-state index contributed by atoms with van der Waals surface area (Å²) >= 11 is 1.19. The van der Waals surface area contributed by atoms with Crippen molar-refractivity contribution in [1.82, 2.24) is 9.97 Å². The standard InChI is InChI=1S/C25H22FN5O3S/c26-19-7-8-20-23(14-19)35-25(28-20)30(16-17-5-4-10-27-15-17)24(32)18-6-9-21(22(13-18)31(33)34)29-11-2-1-3-12-29/h4-10,13-15H,1-3,11-12,16H2. The largest absolute Gasteiger partial charge is 0.366 e. The van der Waals surface area contributed by atoms with Crippen LogP contribution in [0, 0.1) is 15.9 Å². The number of halogens is 1. The number of benzene rings is 2. The minimum absolute atomic E-state index is 0.0922. The Morgan fingerprint density at radius 1 is 1.14 bits per heavy atom. The molecule has 1 aliphatic heterocycles. The second-order valence-corrected chi connectivity index (χ2v) is 9.38. The maximum atomic E-state index is 13.8. The van der Waals surface area contributed by atoms with Crippen LogP contribution in [0.3, 0.4) is 0 Å². The minimum Gasteiger partial charge on any atom is -0.366 e. The third-order valence-electron chi connectivity index (χ3n) is 5.99. The van der Waals surface area contributed by atoms with E-state index in [-0.39, 0.29) is 23.6 Å². The van der Waals surface area contributed by atoms with Gasteiger partial charge in [-0.15, -0.1) is 0 Å². The van der Waals surface area contributed by atoms with Gasteiger partial charge >= 0.3 is 0 Å². The topological polar surface area (TPSA) is 92.5 Å². The summed E-state index contributed by atoms with van der Waals surface area (Å²) < 4.78 is 14.4. The minimum atomic E-state index is -0.438. The first-order valence-electron chi connectivity index (χ1n) is 11.3. The molecule has 1 saturated heterocycles. The molecule has 3 heterocycles. The third-order valence-corrected chi connectivity index (χ3v) is 7.04. The molecule has 1 aliphatic rings. The van der Waals surface area contributed by atoms with E-state index in [1.54, 1.807) is 36.7 Å². The number of nitro groups is 1. The number of nitro benzene ring substituents is 1. The van der Waals surface area contributed by atoms with Gasteiger partial charge < -0.3 is 4.90 Å². The second-order valence-electron chi connectivity index (χ2n) is 8.37. The molecule has 1 fully saturated rings. The fraction of sp³-hybridized carbons (Fsp3) is 0.240. The molecule has 0 bridgehead atoms. The van der Waals surface area contributed by atoms with E-state index in [2.05, 4.69) is 9.97 Å². The molecule has 0 unspecified atom stereocenters. The van der Waals surface area contributed by atoms with E-state index >= 15 is 0 Å². The molecule has 0 radical (unpaired) electrons. The second kappa shape index (κ2) is 9.75. The molecule has 35 heavy (non-hydrogen) atoms. The third kappa shape index (κ3) is 4.83. The number of rotatable bonds is 6. The van der Waals surface area contributed by atoms with Crippen molar-refractivity contribution in [2.75, 3.05) is 22.9 Å². The Kier molecular flexibility index (Phi) is 6.37. The number of nitrogens with zero attached hydrogens (tertiary/aromatic N) is 5. The monoisotopic (exact) mass is 491 g/mol. The Balaban J connectivity index is 1.54. The molecule has 178 valence electrons. The van der Waals surface area contributed by atoms with Crippen molar-refractivity contribution in [1.29, 1.82) is 0 Å². The number of hydrogen-bond donors (Lipinski definition) is 0. The van der Waals surface area contributed by atoms with E-state index in [4.69, 9.17) is 0 Å². The van der Waals surface area contributed by atoms with Crippen LogP contribution in [0.25, 0.3) is 10.2 Å². The fourth-order valence-corrected chi connectivity index (χ4v) is 5.25. The predicted molar refractivity (Wildman–Crippen MR) is 133 cm³/mol. The molecule has 2 aromatic heterocycles. The molecule has 5 rings (SSSR count). The van der Waals surface area contributed by atoms with E-state index in [0.29, 0.717) is 21.0 Å². The number of anilines is 2. The normalized spacial score (nSPS) is 13.7. The molecule has 4 aromatic rings. The average molecular weight is 492 g/mol. The first kappa shape index (κ1) is 22.9. The molecule has 0 aliphatic carbocycles. The maximum absolute atomic E-state index is 13.8. The van der Waals surface area contributed by atoms with Crippen molar-refractivity contribution < 1.29 is 14.1 Å². The van der Waals surface area contributed by atoms with Crippen molar-refractivity contribution in [3.8, 4) is 0 Å². The number of amides is 1. The van der Waals surface area contributed by atoms with Gasteiger partial charge in [-0.3, -0.25) is 24.8 Å². The van der Waals surface area contributed by atoms with Gasteiger partial charge in [-0.2, -0.15) is 0 Å². The fourth-order valence-electron chi connectivity index (χ4n) is 4.26. The van der Waals surface area contributed by atoms with Crippen LogP contribution in [0.5, 0.6) is 0 Å². The van der Waals surface area contributed by atoms with E-state index in [0.717, 1.165) is 37.9 Å². The summed E-state index contributed by atoms with van der Waals surface area (Å²) in [4.78, 5) is 37.3. The molecule has 0 N–H and O–H groups in total. The van der Waals surface area contributed by atoms with Gasteiger partial charge in [0.25, 0.3) is 11.6 Å². The Morgan fingerprint density at radius 3 is 2.71 bits per heavy atom. The lowest BCUT2D eigenvalue weighted by Gasteiger charge is -2.28. The SMILES string of the molecule is O=C(c1ccc(N2CCCCC2)c([N+](=O)[O-])c1)N(Cc1cccnc1)c1nc2ccc(F)cc2s1. The van der Waals surface area contributed by atoms with Gasteiger partial charge in [-0.05, 0) is 61.2 Å². The van der Waals surface area contributed by atoms with E-state index < -0.39 is 10.8 Å². The average Bonchev–Trinajstić information content (AvgIpc) is 3.30. The van der Waals surface area contributed by atoms with E-state index in [9.17, 15) is 19.3 Å². The summed E-state index contributed by atoms with van der Waals surface area (Å²) in [7, 11) is 0. The summed E-state index contributed by atoms with van der Waals surface area (Å²) in [5, 5.41) is 12.3. The highest BCUT2D eigenvalue weighted by Crippen LogP contribution is 2.34. The Morgan fingerprint density at radius 2 is 1.97 bits per heavy atom. The highest BCUT2D eigenvalue weighted by Gasteiger charge is 2.27. The molecule has 2 aromatic carbocycles. The van der Waals surface area contributed by atoms with Crippen molar-refractivity contribution in [2.24, 2.45) is 0 Å². The molecular formula is C25H22FN5O3S. The van der Waals surface area contributed by atoms with E-state index in [1.807, 2.05) is 11.0 Å². The number of thiazole rings is 1. The first-order valence-corrected chi connectivity index (χ1v) is 12.1. The lowest BCUT2D eigenvalue weighted by Crippen LogP contribution is -2.31. The summed E-state index contributed by atoms with van der Waals surface area (Å²) in [5.41, 5.74) is 1.96. The summed E-state index contributed by atoms with van der Waals surface area (Å²) in [6, 6.07) is 12.5. The van der Waals surface area contributed by atoms with Crippen LogP contribution >= 0.6 is 11.3 Å². The van der Waals surface area contributed by atoms with Crippen molar-refractivity contribution in [3.63, 3.8) is 0 Å². The number of fused-ring (bicyclic) bond motifs is 1. The summed E-state index contributed by atoms with van der Waals surface area (Å²) in [6.45, 7) is 1.67. The molecular weight excluding hydrogens is 469 g/mol. The molecule has 10 heteroatoms. The van der Waals surface area contributed by atoms with Crippen LogP contribution in [0.2, 0.25) is 0 Å². The van der Waals surface area contributed by atoms with Crippen molar-refractivity contribution >= 4 is 44.0 Å². The summed E-state index contributed by atoms with van der Waals surface area (Å²) in [5.74, 6) is -0.816. The number of hydrogen-bond acceptors (Lipinski definition) is 7. The van der Waals surface area contributed by atoms with Gasteiger partial charge in [0, 0.05) is 37.1 Å². The zero-order valence-corrected chi connectivity index (χ0v) is 19.6. The lowest BCUT2D eigenvalue weighted by atomic mass is 10.1. The van der Waals surface area contributed by atoms with Gasteiger partial charge in [-0.25, -0.2) is 9.37 Å². The van der Waals surface area contributed by atoms with Crippen LogP contribution in [0.15, 0.2) is 60.9 Å². The van der Waals surface area contributed by atoms with Crippen molar-refractivity contribution in [3.05, 3.63) is 88.0 Å². The Hall–Kier alpha value is -3.92. The molecule has 0 saturated carbocycles. The van der Waals surface area contributed by atoms with Gasteiger partial charge in [0.15, 0.2) is 5.13 Å². The lowest BCUT2D eigenvalue weighted by molar-refractivity contribution is -0.384. The van der Waals surface area contributed by atoms with Gasteiger partial charge in [-0.1, -0.05) is 17.4 Å². The quantitative estimate of drug-likeness (QED) is 0.258. The van der Waals surface area contributed by atoms with Crippen LogP contribution in [-0.4, -0.2) is 33.9 Å². The summed E-state index contributed by atoms with van der Waals surface area (Å²) in [6.07, 6.45) is 6.36. The molecule has 0 spiro atoms. The molecule has 8 nitrogen and oxygen atoms in total. The smallest absolute Gasteiger partial charge is 0.293 e. The number of piperidine rings is 1. The zero-order chi connectivity index (χ0) is 24.4. The van der Waals surface area contributed by atoms with Crippen LogP contribution in [-0.2, 0) is 6.54 Å². The molecule has 1 amide bonds. The van der Waals surface area contributed by atoms with Crippen molar-refractivity contribution in [2.45, 2.75) is 25.8 Å². The Labute approximate surface area is 204 Å². The number of carbonyl (C=O) groups is 1. The number of aromatic nitrogens is 2.